The van der Waals surface area contributed by atoms with Gasteiger partial charge in [0.2, 0.25) is 0 Å². The van der Waals surface area contributed by atoms with Gasteiger partial charge in [-0.15, -0.1) is 23.2 Å². The molecule has 0 saturated heterocycles. The second-order valence-corrected chi connectivity index (χ2v) is 2.19. The van der Waals surface area contributed by atoms with E-state index in [0.717, 1.165) is 0 Å². The normalized spacial score (nSPS) is 8.70. The Kier molecular flexibility index (Phi) is 5.93. The Hall–Kier alpha value is 1.47. The third-order valence-corrected chi connectivity index (χ3v) is 1.08. The van der Waals surface area contributed by atoms with Crippen LogP contribution in [-0.2, 0) is 0 Å². The Labute approximate surface area is 118 Å². The van der Waals surface area contributed by atoms with Crippen molar-refractivity contribution in [2.75, 3.05) is 0 Å². The summed E-state index contributed by atoms with van der Waals surface area (Å²) in [6, 6.07) is 2.52. The summed E-state index contributed by atoms with van der Waals surface area (Å²) in [5.74, 6) is 0.559. The van der Waals surface area contributed by atoms with Crippen LogP contribution in [0, 0.1) is 13.0 Å². The SMILES string of the molecule is Cc1nc(Cl)[c-]c(Cl)n1.[Rb+]. The van der Waals surface area contributed by atoms with E-state index in [-0.39, 0.29) is 68.5 Å². The van der Waals surface area contributed by atoms with E-state index in [2.05, 4.69) is 16.0 Å². The first-order chi connectivity index (χ1) is 4.18. The van der Waals surface area contributed by atoms with Crippen LogP contribution in [0.4, 0.5) is 0 Å². The van der Waals surface area contributed by atoms with Gasteiger partial charge in [0.15, 0.2) is 0 Å². The van der Waals surface area contributed by atoms with E-state index in [1.54, 1.807) is 6.92 Å². The Balaban J connectivity index is 0.000000810. The smallest absolute Gasteiger partial charge is 0.393 e. The summed E-state index contributed by atoms with van der Waals surface area (Å²) >= 11 is 10.9. The number of hydrogen-bond donors (Lipinski definition) is 0. The third kappa shape index (κ3) is 3.74. The van der Waals surface area contributed by atoms with E-state index >= 15 is 0 Å². The molecule has 0 aliphatic carbocycles. The molecule has 0 atom stereocenters. The van der Waals surface area contributed by atoms with E-state index in [1.165, 1.54) is 0 Å². The zero-order chi connectivity index (χ0) is 6.85. The van der Waals surface area contributed by atoms with Gasteiger partial charge in [0.25, 0.3) is 0 Å². The first-order valence-electron chi connectivity index (χ1n) is 2.27. The van der Waals surface area contributed by atoms with Gasteiger partial charge in [0, 0.05) is 0 Å². The van der Waals surface area contributed by atoms with Crippen molar-refractivity contribution in [1.82, 2.24) is 9.97 Å². The van der Waals surface area contributed by atoms with Gasteiger partial charge in [0.05, 0.1) is 0 Å². The fourth-order valence-corrected chi connectivity index (χ4v) is 0.922. The van der Waals surface area contributed by atoms with Gasteiger partial charge in [-0.3, -0.25) is 9.97 Å². The molecule has 0 N–H and O–H groups in total. The minimum absolute atomic E-state index is 0. The summed E-state index contributed by atoms with van der Waals surface area (Å²) in [6.45, 7) is 1.71. The van der Waals surface area contributed by atoms with E-state index < -0.39 is 0 Å². The Bertz CT molecular complexity index is 178. The molecule has 48 valence electrons. The van der Waals surface area contributed by atoms with Crippen LogP contribution in [-0.4, -0.2) is 9.97 Å². The molecule has 1 rings (SSSR count). The van der Waals surface area contributed by atoms with Crippen molar-refractivity contribution in [1.29, 1.82) is 0 Å². The molecule has 0 bridgehead atoms. The van der Waals surface area contributed by atoms with Crippen molar-refractivity contribution >= 4 is 23.2 Å². The molecule has 0 aliphatic heterocycles. The molecular formula is C5H3Cl2N2Rb. The van der Waals surface area contributed by atoms with E-state index in [0.29, 0.717) is 5.82 Å². The van der Waals surface area contributed by atoms with Crippen LogP contribution in [0.2, 0.25) is 10.3 Å². The number of aryl methyl sites for hydroxylation is 1. The average molecular weight is 247 g/mol. The van der Waals surface area contributed by atoms with E-state index in [1.807, 2.05) is 0 Å². The molecule has 0 spiro atoms. The van der Waals surface area contributed by atoms with Crippen molar-refractivity contribution in [2.24, 2.45) is 0 Å². The molecule has 0 aromatic carbocycles. The molecule has 1 heterocycles. The third-order valence-electron chi connectivity index (χ3n) is 0.726. The number of nitrogens with zero attached hydrogens (tertiary/aromatic N) is 2. The maximum Gasteiger partial charge on any atom is 1.00 e. The molecular weight excluding hydrogens is 244 g/mol. The molecule has 5 heteroatoms. The van der Waals surface area contributed by atoms with Crippen molar-refractivity contribution < 1.29 is 58.2 Å². The monoisotopic (exact) mass is 246 g/mol. The zero-order valence-corrected chi connectivity index (χ0v) is 12.1. The average Bonchev–Trinajstić information content (AvgIpc) is 1.59. The largest absolute Gasteiger partial charge is 1.00 e. The molecule has 1 aromatic rings. The maximum absolute atomic E-state index is 5.46. The molecule has 2 nitrogen and oxygen atoms in total. The van der Waals surface area contributed by atoms with Crippen LogP contribution in [0.3, 0.4) is 0 Å². The van der Waals surface area contributed by atoms with Crippen molar-refractivity contribution in [3.05, 3.63) is 22.2 Å². The summed E-state index contributed by atoms with van der Waals surface area (Å²) in [5, 5.41) is 0.514. The summed E-state index contributed by atoms with van der Waals surface area (Å²) in [5.41, 5.74) is 0. The molecule has 0 aliphatic rings. The fourth-order valence-electron chi connectivity index (χ4n) is 0.450. The topological polar surface area (TPSA) is 25.8 Å². The molecule has 10 heavy (non-hydrogen) atoms. The van der Waals surface area contributed by atoms with Gasteiger partial charge >= 0.3 is 58.2 Å². The van der Waals surface area contributed by atoms with Crippen molar-refractivity contribution in [3.8, 4) is 0 Å². The molecule has 1 aromatic heterocycles. The van der Waals surface area contributed by atoms with Crippen LogP contribution >= 0.6 is 23.2 Å². The molecule has 0 saturated carbocycles. The summed E-state index contributed by atoms with van der Waals surface area (Å²) in [4.78, 5) is 7.50. The van der Waals surface area contributed by atoms with Gasteiger partial charge < -0.3 is 6.07 Å². The van der Waals surface area contributed by atoms with Gasteiger partial charge in [-0.2, -0.15) is 0 Å². The molecule has 0 amide bonds. The quantitative estimate of drug-likeness (QED) is 0.429. The van der Waals surface area contributed by atoms with Crippen LogP contribution in [0.5, 0.6) is 0 Å². The van der Waals surface area contributed by atoms with Gasteiger partial charge in [-0.1, -0.05) is 0 Å². The second-order valence-electron chi connectivity index (χ2n) is 1.48. The Morgan fingerprint density at radius 2 is 1.60 bits per heavy atom. The fraction of sp³-hybridized carbons (Fsp3) is 0.200. The summed E-state index contributed by atoms with van der Waals surface area (Å²) < 4.78 is 0. The summed E-state index contributed by atoms with van der Waals surface area (Å²) in [7, 11) is 0. The van der Waals surface area contributed by atoms with E-state index in [4.69, 9.17) is 23.2 Å². The van der Waals surface area contributed by atoms with E-state index in [9.17, 15) is 0 Å². The first kappa shape index (κ1) is 11.5. The zero-order valence-electron chi connectivity index (χ0n) is 5.65. The number of halogens is 2. The van der Waals surface area contributed by atoms with Crippen LogP contribution < -0.4 is 58.2 Å². The Morgan fingerprint density at radius 1 is 1.20 bits per heavy atom. The second kappa shape index (κ2) is 5.17. The van der Waals surface area contributed by atoms with Crippen LogP contribution in [0.1, 0.15) is 5.82 Å². The predicted molar refractivity (Wildman–Crippen MR) is 35.6 cm³/mol. The molecule has 0 unspecified atom stereocenters. The molecule has 0 radical (unpaired) electrons. The van der Waals surface area contributed by atoms with Crippen molar-refractivity contribution in [2.45, 2.75) is 6.92 Å². The summed E-state index contributed by atoms with van der Waals surface area (Å²) in [6.07, 6.45) is 0. The maximum atomic E-state index is 5.46. The molecule has 0 fully saturated rings. The van der Waals surface area contributed by atoms with Crippen LogP contribution in [0.25, 0.3) is 0 Å². The predicted octanol–water partition coefficient (Wildman–Crippen LogP) is -1.10. The standard InChI is InChI=1S/C5H3Cl2N2.Rb/c1-3-8-4(6)2-5(7)9-3;/h1H3;/q-1;+1. The number of aromatic nitrogens is 2. The first-order valence-corrected chi connectivity index (χ1v) is 3.03. The van der Waals surface area contributed by atoms with Gasteiger partial charge in [-0.25, -0.2) is 0 Å². The minimum atomic E-state index is 0. The van der Waals surface area contributed by atoms with Crippen molar-refractivity contribution in [3.63, 3.8) is 0 Å². The van der Waals surface area contributed by atoms with Gasteiger partial charge in [-0.05, 0) is 17.2 Å². The number of rotatable bonds is 0. The minimum Gasteiger partial charge on any atom is -0.393 e. The van der Waals surface area contributed by atoms with Gasteiger partial charge in [0.1, 0.15) is 5.82 Å². The Morgan fingerprint density at radius 3 is 1.90 bits per heavy atom. The number of hydrogen-bond acceptors (Lipinski definition) is 2. The van der Waals surface area contributed by atoms with Crippen LogP contribution in [0.15, 0.2) is 0 Å².